The third-order valence-corrected chi connectivity index (χ3v) is 6.88. The van der Waals surface area contributed by atoms with Gasteiger partial charge in [0.1, 0.15) is 12.0 Å². The summed E-state index contributed by atoms with van der Waals surface area (Å²) in [5, 5.41) is 14.7. The number of hydrogen-bond acceptors (Lipinski definition) is 5. The van der Waals surface area contributed by atoms with Gasteiger partial charge in [-0.05, 0) is 71.4 Å². The number of carbonyl (C=O) groups excluding carboxylic acids is 1. The number of aliphatic hydroxyl groups excluding tert-OH is 1. The summed E-state index contributed by atoms with van der Waals surface area (Å²) in [4.78, 5) is 20.4. The van der Waals surface area contributed by atoms with Crippen molar-refractivity contribution in [1.29, 1.82) is 0 Å². The number of rotatable bonds is 3. The van der Waals surface area contributed by atoms with Crippen molar-refractivity contribution in [3.05, 3.63) is 57.9 Å². The molecule has 0 radical (unpaired) electrons. The molecule has 3 unspecified atom stereocenters. The van der Waals surface area contributed by atoms with Gasteiger partial charge in [0, 0.05) is 30.2 Å². The molecule has 5 rings (SSSR count). The van der Waals surface area contributed by atoms with E-state index in [0.29, 0.717) is 18.3 Å². The van der Waals surface area contributed by atoms with E-state index in [4.69, 9.17) is 0 Å². The summed E-state index contributed by atoms with van der Waals surface area (Å²) in [5.74, 6) is 1.85. The van der Waals surface area contributed by atoms with Gasteiger partial charge in [-0.25, -0.2) is 4.98 Å². The summed E-state index contributed by atoms with van der Waals surface area (Å²) in [6.45, 7) is 1.65. The van der Waals surface area contributed by atoms with E-state index in [1.807, 2.05) is 17.0 Å². The number of nitrogens with one attached hydrogen (secondary N) is 1. The molecule has 0 aromatic carbocycles. The molecule has 4 heterocycles. The smallest absolute Gasteiger partial charge is 0.246 e. The molecule has 6 heteroatoms. The number of hydrogen-bond donors (Lipinski definition) is 2. The molecule has 3 atom stereocenters. The monoisotopic (exact) mass is 393 g/mol. The third-order valence-electron chi connectivity index (χ3n) is 5.93. The number of aryl methyl sites for hydroxylation is 1. The molecule has 1 saturated heterocycles. The number of fused-ring (bicyclic) bond motifs is 2. The van der Waals surface area contributed by atoms with Crippen molar-refractivity contribution in [2.45, 2.75) is 25.5 Å². The second kappa shape index (κ2) is 7.18. The topological polar surface area (TPSA) is 65.5 Å². The minimum atomic E-state index is -0.521. The van der Waals surface area contributed by atoms with Crippen LogP contribution < -0.4 is 5.32 Å². The molecular weight excluding hydrogens is 370 g/mol. The Hall–Kier alpha value is -2.44. The van der Waals surface area contributed by atoms with Crippen molar-refractivity contribution in [3.63, 3.8) is 0 Å². The second-order valence-corrected chi connectivity index (χ2v) is 8.80. The van der Waals surface area contributed by atoms with Gasteiger partial charge in [0.25, 0.3) is 0 Å². The highest BCUT2D eigenvalue weighted by molar-refractivity contribution is 7.11. The van der Waals surface area contributed by atoms with E-state index in [9.17, 15) is 9.90 Å². The number of aliphatic hydroxyl groups is 1. The molecule has 2 aliphatic heterocycles. The number of likely N-dealkylation sites (tertiary alicyclic amines) is 1. The Balaban J connectivity index is 1.23. The Morgan fingerprint density at radius 3 is 3.14 bits per heavy atom. The zero-order chi connectivity index (χ0) is 19.1. The van der Waals surface area contributed by atoms with Crippen LogP contribution in [0.2, 0.25) is 0 Å². The van der Waals surface area contributed by atoms with Crippen LogP contribution in [0.25, 0.3) is 11.6 Å². The van der Waals surface area contributed by atoms with E-state index in [1.54, 1.807) is 23.6 Å². The van der Waals surface area contributed by atoms with E-state index in [1.165, 1.54) is 10.5 Å². The number of amides is 1. The second-order valence-electron chi connectivity index (χ2n) is 7.85. The quantitative estimate of drug-likeness (QED) is 0.785. The maximum Gasteiger partial charge on any atom is 0.246 e. The van der Waals surface area contributed by atoms with Crippen molar-refractivity contribution < 1.29 is 9.90 Å². The van der Waals surface area contributed by atoms with Gasteiger partial charge < -0.3 is 15.3 Å². The van der Waals surface area contributed by atoms with Gasteiger partial charge in [-0.3, -0.25) is 4.79 Å². The summed E-state index contributed by atoms with van der Waals surface area (Å²) in [6.07, 6.45) is 9.66. The van der Waals surface area contributed by atoms with E-state index >= 15 is 0 Å². The highest BCUT2D eigenvalue weighted by atomic mass is 32.1. The first-order chi connectivity index (χ1) is 13.7. The predicted octanol–water partition coefficient (Wildman–Crippen LogP) is 3.39. The molecule has 0 saturated carbocycles. The standard InChI is InChI=1S/C22H23N3O2S/c26-20-5-4-15-8-14(11-23-22(15)24-20)3-6-21(27)25-12-17-9-16(10-18(17)13-25)19-2-1-7-28-19/h1-3,6-9,11,17-18,20,26H,4-5,10,12-13H2,(H,23,24)/b6-3+. The maximum atomic E-state index is 12.6. The van der Waals surface area contributed by atoms with Crippen LogP contribution in [0.15, 0.2) is 41.9 Å². The van der Waals surface area contributed by atoms with Gasteiger partial charge in [0.2, 0.25) is 5.91 Å². The number of aromatic nitrogens is 1. The minimum absolute atomic E-state index is 0.0757. The first-order valence-corrected chi connectivity index (χ1v) is 10.7. The molecule has 0 bridgehead atoms. The Labute approximate surface area is 168 Å². The summed E-state index contributed by atoms with van der Waals surface area (Å²) >= 11 is 1.80. The summed E-state index contributed by atoms with van der Waals surface area (Å²) < 4.78 is 0. The Morgan fingerprint density at radius 1 is 1.39 bits per heavy atom. The molecule has 5 nitrogen and oxygen atoms in total. The van der Waals surface area contributed by atoms with Crippen LogP contribution in [-0.4, -0.2) is 40.2 Å². The fraction of sp³-hybridized carbons (Fsp3) is 0.364. The number of carbonyl (C=O) groups is 1. The molecule has 2 aromatic rings. The average molecular weight is 394 g/mol. The average Bonchev–Trinajstić information content (AvgIpc) is 3.41. The SMILES string of the molecule is O=C(/C=C/c1cnc2c(c1)CCC(O)N2)N1CC2C=C(c3cccs3)CC2C1. The number of allylic oxidation sites excluding steroid dienone is 1. The van der Waals surface area contributed by atoms with Crippen LogP contribution in [0.3, 0.4) is 0 Å². The molecule has 1 fully saturated rings. The van der Waals surface area contributed by atoms with Gasteiger partial charge in [0.15, 0.2) is 0 Å². The van der Waals surface area contributed by atoms with Gasteiger partial charge in [-0.15, -0.1) is 11.3 Å². The third kappa shape index (κ3) is 3.38. The number of anilines is 1. The fourth-order valence-corrected chi connectivity index (χ4v) is 5.23. The van der Waals surface area contributed by atoms with Crippen LogP contribution in [0, 0.1) is 11.8 Å². The predicted molar refractivity (Wildman–Crippen MR) is 112 cm³/mol. The summed E-state index contributed by atoms with van der Waals surface area (Å²) in [5.41, 5.74) is 3.46. The first-order valence-electron chi connectivity index (χ1n) is 9.81. The van der Waals surface area contributed by atoms with Gasteiger partial charge in [-0.1, -0.05) is 12.1 Å². The molecule has 1 aliphatic carbocycles. The van der Waals surface area contributed by atoms with Crippen molar-refractivity contribution in [2.75, 3.05) is 18.4 Å². The van der Waals surface area contributed by atoms with Crippen molar-refractivity contribution in [1.82, 2.24) is 9.88 Å². The Bertz CT molecular complexity index is 951. The van der Waals surface area contributed by atoms with Crippen LogP contribution in [0.5, 0.6) is 0 Å². The van der Waals surface area contributed by atoms with Crippen LogP contribution in [-0.2, 0) is 11.2 Å². The molecule has 2 N–H and O–H groups in total. The van der Waals surface area contributed by atoms with Crippen LogP contribution in [0.4, 0.5) is 5.82 Å². The minimum Gasteiger partial charge on any atom is -0.374 e. The van der Waals surface area contributed by atoms with Gasteiger partial charge in [0.05, 0.1) is 0 Å². The normalized spacial score (nSPS) is 26.1. The highest BCUT2D eigenvalue weighted by Crippen LogP contribution is 2.42. The molecule has 0 spiro atoms. The Morgan fingerprint density at radius 2 is 2.32 bits per heavy atom. The van der Waals surface area contributed by atoms with E-state index in [0.717, 1.165) is 42.9 Å². The number of thiophene rings is 1. The fourth-order valence-electron chi connectivity index (χ4n) is 4.47. The lowest BCUT2D eigenvalue weighted by molar-refractivity contribution is -0.125. The lowest BCUT2D eigenvalue weighted by atomic mass is 10.00. The number of nitrogens with zero attached hydrogens (tertiary/aromatic N) is 2. The van der Waals surface area contributed by atoms with Gasteiger partial charge in [-0.2, -0.15) is 0 Å². The zero-order valence-corrected chi connectivity index (χ0v) is 16.4. The zero-order valence-electron chi connectivity index (χ0n) is 15.5. The van der Waals surface area contributed by atoms with Crippen molar-refractivity contribution >= 4 is 34.7 Å². The molecule has 2 aromatic heterocycles. The largest absolute Gasteiger partial charge is 0.374 e. The summed E-state index contributed by atoms with van der Waals surface area (Å²) in [7, 11) is 0. The molecule has 28 heavy (non-hydrogen) atoms. The van der Waals surface area contributed by atoms with Gasteiger partial charge >= 0.3 is 0 Å². The van der Waals surface area contributed by atoms with Crippen LogP contribution >= 0.6 is 11.3 Å². The molecule has 3 aliphatic rings. The van der Waals surface area contributed by atoms with Crippen molar-refractivity contribution in [2.24, 2.45) is 11.8 Å². The van der Waals surface area contributed by atoms with Crippen LogP contribution in [0.1, 0.15) is 28.8 Å². The lowest BCUT2D eigenvalue weighted by Crippen LogP contribution is -2.27. The highest BCUT2D eigenvalue weighted by Gasteiger charge is 2.37. The molecule has 1 amide bonds. The number of pyridine rings is 1. The molecule has 144 valence electrons. The van der Waals surface area contributed by atoms with E-state index in [2.05, 4.69) is 33.9 Å². The van der Waals surface area contributed by atoms with E-state index < -0.39 is 6.23 Å². The first kappa shape index (κ1) is 17.6. The lowest BCUT2D eigenvalue weighted by Gasteiger charge is -2.22. The van der Waals surface area contributed by atoms with Crippen molar-refractivity contribution in [3.8, 4) is 0 Å². The van der Waals surface area contributed by atoms with E-state index in [-0.39, 0.29) is 5.91 Å². The Kier molecular flexibility index (Phi) is 4.53. The molecular formula is C22H23N3O2S. The maximum absolute atomic E-state index is 12.6. The summed E-state index contributed by atoms with van der Waals surface area (Å²) in [6, 6.07) is 6.33.